The summed E-state index contributed by atoms with van der Waals surface area (Å²) in [5, 5.41) is 3.92. The average Bonchev–Trinajstić information content (AvgIpc) is 3.40. The molecule has 0 spiro atoms. The van der Waals surface area contributed by atoms with Crippen molar-refractivity contribution >= 4 is 44.9 Å². The summed E-state index contributed by atoms with van der Waals surface area (Å²) in [7, 11) is 0. The second-order valence-electron chi connectivity index (χ2n) is 8.68. The van der Waals surface area contributed by atoms with Crippen molar-refractivity contribution in [1.29, 1.82) is 0 Å². The van der Waals surface area contributed by atoms with Crippen LogP contribution in [0.5, 0.6) is 0 Å². The Morgan fingerprint density at radius 3 is 2.85 bits per heavy atom. The van der Waals surface area contributed by atoms with Gasteiger partial charge in [-0.15, -0.1) is 11.3 Å². The number of thioether (sulfide) groups is 1. The van der Waals surface area contributed by atoms with Crippen LogP contribution in [-0.2, 0) is 22.5 Å². The van der Waals surface area contributed by atoms with Crippen LogP contribution < -0.4 is 10.9 Å². The molecule has 0 bridgehead atoms. The lowest BCUT2D eigenvalue weighted by molar-refractivity contribution is -0.115. The van der Waals surface area contributed by atoms with Gasteiger partial charge in [0.15, 0.2) is 5.16 Å². The molecule has 0 saturated carbocycles. The number of ether oxygens (including phenoxy) is 1. The van der Waals surface area contributed by atoms with Gasteiger partial charge in [0.25, 0.3) is 5.56 Å². The molecule has 1 amide bonds. The van der Waals surface area contributed by atoms with Gasteiger partial charge in [0.2, 0.25) is 5.91 Å². The van der Waals surface area contributed by atoms with Crippen LogP contribution in [0.25, 0.3) is 10.2 Å². The van der Waals surface area contributed by atoms with E-state index >= 15 is 0 Å². The van der Waals surface area contributed by atoms with Crippen molar-refractivity contribution in [3.63, 3.8) is 0 Å². The van der Waals surface area contributed by atoms with Gasteiger partial charge in [0.1, 0.15) is 4.83 Å². The third-order valence-electron chi connectivity index (χ3n) is 6.14. The molecule has 2 atom stereocenters. The van der Waals surface area contributed by atoms with Crippen molar-refractivity contribution in [3.05, 3.63) is 50.1 Å². The molecule has 0 aliphatic carbocycles. The van der Waals surface area contributed by atoms with Crippen LogP contribution in [0.1, 0.15) is 48.3 Å². The highest BCUT2D eigenvalue weighted by molar-refractivity contribution is 8.00. The van der Waals surface area contributed by atoms with Crippen LogP contribution in [0.2, 0.25) is 0 Å². The van der Waals surface area contributed by atoms with Gasteiger partial charge in [-0.25, -0.2) is 4.98 Å². The van der Waals surface area contributed by atoms with Crippen molar-refractivity contribution in [1.82, 2.24) is 9.55 Å². The van der Waals surface area contributed by atoms with Crippen molar-refractivity contribution in [2.75, 3.05) is 11.9 Å². The van der Waals surface area contributed by atoms with Crippen molar-refractivity contribution in [2.45, 2.75) is 76.9 Å². The van der Waals surface area contributed by atoms with Gasteiger partial charge in [-0.2, -0.15) is 0 Å². The highest BCUT2D eigenvalue weighted by Crippen LogP contribution is 2.31. The molecular formula is C25H31N3O3S2. The molecule has 1 aliphatic heterocycles. The maximum Gasteiger partial charge on any atom is 0.263 e. The molecule has 1 aromatic carbocycles. The number of aryl methyl sites for hydroxylation is 4. The fourth-order valence-electron chi connectivity index (χ4n) is 4.22. The van der Waals surface area contributed by atoms with Crippen LogP contribution >= 0.6 is 23.1 Å². The molecule has 176 valence electrons. The molecule has 1 aliphatic rings. The fraction of sp³-hybridized carbons (Fsp3) is 0.480. The summed E-state index contributed by atoms with van der Waals surface area (Å²) in [5.74, 6) is -0.108. The molecule has 33 heavy (non-hydrogen) atoms. The third kappa shape index (κ3) is 5.03. The SMILES string of the molecule is CCc1c(C)sc2nc(SC(C)C(=O)Nc3cc(C)ccc3C)n(CC3CCCO3)c(=O)c12. The summed E-state index contributed by atoms with van der Waals surface area (Å²) in [6.45, 7) is 11.1. The molecule has 2 aromatic heterocycles. The predicted octanol–water partition coefficient (Wildman–Crippen LogP) is 5.24. The number of benzene rings is 1. The van der Waals surface area contributed by atoms with Gasteiger partial charge in [-0.3, -0.25) is 14.2 Å². The Balaban J connectivity index is 1.67. The monoisotopic (exact) mass is 485 g/mol. The van der Waals surface area contributed by atoms with Gasteiger partial charge >= 0.3 is 0 Å². The Kier molecular flexibility index (Phi) is 7.26. The second-order valence-corrected chi connectivity index (χ2v) is 11.2. The van der Waals surface area contributed by atoms with Crippen LogP contribution in [0.15, 0.2) is 28.2 Å². The first-order chi connectivity index (χ1) is 15.8. The number of amides is 1. The molecule has 2 unspecified atom stereocenters. The van der Waals surface area contributed by atoms with Crippen molar-refractivity contribution in [2.24, 2.45) is 0 Å². The van der Waals surface area contributed by atoms with Crippen LogP contribution in [0.3, 0.4) is 0 Å². The second kappa shape index (κ2) is 9.99. The predicted molar refractivity (Wildman–Crippen MR) is 137 cm³/mol. The van der Waals surface area contributed by atoms with E-state index < -0.39 is 5.25 Å². The number of carbonyl (C=O) groups is 1. The Hall–Kier alpha value is -2.16. The number of hydrogen-bond acceptors (Lipinski definition) is 6. The Labute approximate surface area is 202 Å². The molecule has 3 aromatic rings. The zero-order valence-corrected chi connectivity index (χ0v) is 21.5. The standard InChI is InChI=1S/C25H31N3O3S2/c1-6-19-16(4)32-23-21(19)24(30)28(13-18-8-7-11-31-18)25(27-23)33-17(5)22(29)26-20-12-14(2)9-10-15(20)3/h9-10,12,17-18H,6-8,11,13H2,1-5H3,(H,26,29). The van der Waals surface area contributed by atoms with E-state index in [1.165, 1.54) is 11.8 Å². The number of fused-ring (bicyclic) bond motifs is 1. The lowest BCUT2D eigenvalue weighted by atomic mass is 10.1. The fourth-order valence-corrected chi connectivity index (χ4v) is 6.29. The maximum atomic E-state index is 13.6. The number of nitrogens with one attached hydrogen (secondary N) is 1. The van der Waals surface area contributed by atoms with Crippen molar-refractivity contribution < 1.29 is 9.53 Å². The van der Waals surface area contributed by atoms with E-state index in [0.29, 0.717) is 11.7 Å². The van der Waals surface area contributed by atoms with E-state index in [1.54, 1.807) is 15.9 Å². The summed E-state index contributed by atoms with van der Waals surface area (Å²) in [4.78, 5) is 33.4. The Morgan fingerprint density at radius 1 is 1.36 bits per heavy atom. The first kappa shape index (κ1) is 24.0. The smallest absolute Gasteiger partial charge is 0.263 e. The number of thiophene rings is 1. The summed E-state index contributed by atoms with van der Waals surface area (Å²) >= 11 is 2.89. The zero-order valence-electron chi connectivity index (χ0n) is 19.9. The molecule has 8 heteroatoms. The van der Waals surface area contributed by atoms with Crippen LogP contribution in [0, 0.1) is 20.8 Å². The molecule has 6 nitrogen and oxygen atoms in total. The minimum Gasteiger partial charge on any atom is -0.376 e. The van der Waals surface area contributed by atoms with E-state index in [4.69, 9.17) is 9.72 Å². The molecule has 4 rings (SSSR count). The van der Waals surface area contributed by atoms with E-state index in [1.807, 2.05) is 45.9 Å². The first-order valence-electron chi connectivity index (χ1n) is 11.5. The van der Waals surface area contributed by atoms with Crippen molar-refractivity contribution in [3.8, 4) is 0 Å². The number of rotatable bonds is 7. The summed E-state index contributed by atoms with van der Waals surface area (Å²) in [5.41, 5.74) is 3.97. The highest BCUT2D eigenvalue weighted by Gasteiger charge is 2.25. The number of aromatic nitrogens is 2. The maximum absolute atomic E-state index is 13.6. The third-order valence-corrected chi connectivity index (χ3v) is 8.28. The quantitative estimate of drug-likeness (QED) is 0.366. The Morgan fingerprint density at radius 2 is 2.15 bits per heavy atom. The molecule has 1 saturated heterocycles. The molecule has 3 heterocycles. The van der Waals surface area contributed by atoms with Gasteiger partial charge in [-0.05, 0) is 69.7 Å². The number of carbonyl (C=O) groups excluding carboxylic acids is 1. The van der Waals surface area contributed by atoms with Gasteiger partial charge in [0.05, 0.1) is 23.3 Å². The molecule has 1 N–H and O–H groups in total. The van der Waals surface area contributed by atoms with Gasteiger partial charge < -0.3 is 10.1 Å². The van der Waals surface area contributed by atoms with Gasteiger partial charge in [-0.1, -0.05) is 30.8 Å². The molecular weight excluding hydrogens is 454 g/mol. The van der Waals surface area contributed by atoms with Crippen LogP contribution in [-0.4, -0.2) is 33.4 Å². The molecule has 0 radical (unpaired) electrons. The summed E-state index contributed by atoms with van der Waals surface area (Å²) in [6.07, 6.45) is 2.74. The summed E-state index contributed by atoms with van der Waals surface area (Å²) < 4.78 is 7.56. The number of nitrogens with zero attached hydrogens (tertiary/aromatic N) is 2. The largest absolute Gasteiger partial charge is 0.376 e. The minimum atomic E-state index is -0.420. The minimum absolute atomic E-state index is 0.00480. The lowest BCUT2D eigenvalue weighted by Gasteiger charge is -2.18. The lowest BCUT2D eigenvalue weighted by Crippen LogP contribution is -2.30. The number of anilines is 1. The van der Waals surface area contributed by atoms with E-state index in [-0.39, 0.29) is 17.6 Å². The number of hydrogen-bond donors (Lipinski definition) is 1. The molecule has 1 fully saturated rings. The average molecular weight is 486 g/mol. The Bertz CT molecular complexity index is 1240. The normalized spacial score (nSPS) is 16.9. The first-order valence-corrected chi connectivity index (χ1v) is 13.2. The van der Waals surface area contributed by atoms with Crippen LogP contribution in [0.4, 0.5) is 5.69 Å². The van der Waals surface area contributed by atoms with E-state index in [9.17, 15) is 9.59 Å². The van der Waals surface area contributed by atoms with E-state index in [2.05, 4.69) is 12.2 Å². The topological polar surface area (TPSA) is 73.2 Å². The summed E-state index contributed by atoms with van der Waals surface area (Å²) in [6, 6.07) is 6.00. The highest BCUT2D eigenvalue weighted by atomic mass is 32.2. The van der Waals surface area contributed by atoms with Gasteiger partial charge in [0, 0.05) is 17.2 Å². The zero-order chi connectivity index (χ0) is 23.7. The van der Waals surface area contributed by atoms with E-state index in [0.717, 1.165) is 63.3 Å².